The molecule has 0 spiro atoms. The molecular weight excluding hydrogens is 299 g/mol. The van der Waals surface area contributed by atoms with Crippen molar-refractivity contribution in [2.75, 3.05) is 0 Å². The number of nitrogens with zero attached hydrogens (tertiary/aromatic N) is 4. The number of tetrazole rings is 1. The second-order valence-corrected chi connectivity index (χ2v) is 5.43. The molecule has 1 aliphatic rings. The summed E-state index contributed by atoms with van der Waals surface area (Å²) in [6.07, 6.45) is 1.80. The molecule has 21 heavy (non-hydrogen) atoms. The highest BCUT2D eigenvalue weighted by Crippen LogP contribution is 2.43. The third-order valence-electron chi connectivity index (χ3n) is 3.55. The van der Waals surface area contributed by atoms with Gasteiger partial charge in [0.2, 0.25) is 0 Å². The van der Waals surface area contributed by atoms with Crippen molar-refractivity contribution in [2.24, 2.45) is 5.92 Å². The summed E-state index contributed by atoms with van der Waals surface area (Å²) < 4.78 is 15.0. The van der Waals surface area contributed by atoms with Gasteiger partial charge in [0, 0.05) is 5.56 Å². The molecule has 1 saturated carbocycles. The highest BCUT2D eigenvalue weighted by molar-refractivity contribution is 6.33. The zero-order chi connectivity index (χ0) is 15.0. The summed E-state index contributed by atoms with van der Waals surface area (Å²) in [5, 5.41) is 20.4. The average Bonchev–Trinajstić information content (AvgIpc) is 3.17. The van der Waals surface area contributed by atoms with Crippen molar-refractivity contribution in [1.82, 2.24) is 20.2 Å². The first-order chi connectivity index (χ1) is 10.1. The minimum Gasteiger partial charge on any atom is -0.481 e. The van der Waals surface area contributed by atoms with Crippen LogP contribution in [0.1, 0.15) is 25.3 Å². The Morgan fingerprint density at radius 2 is 2.29 bits per heavy atom. The number of aromatic nitrogens is 4. The van der Waals surface area contributed by atoms with E-state index in [1.807, 2.05) is 0 Å². The van der Waals surface area contributed by atoms with E-state index in [0.717, 1.165) is 12.8 Å². The van der Waals surface area contributed by atoms with Gasteiger partial charge in [-0.05, 0) is 41.3 Å². The van der Waals surface area contributed by atoms with Gasteiger partial charge in [-0.2, -0.15) is 0 Å². The summed E-state index contributed by atoms with van der Waals surface area (Å²) in [7, 11) is 0. The van der Waals surface area contributed by atoms with Crippen molar-refractivity contribution < 1.29 is 14.3 Å². The quantitative estimate of drug-likeness (QED) is 0.918. The first-order valence-corrected chi connectivity index (χ1v) is 6.89. The molecule has 0 saturated heterocycles. The van der Waals surface area contributed by atoms with Crippen LogP contribution in [0.5, 0.6) is 0 Å². The number of rotatable bonds is 5. The first-order valence-electron chi connectivity index (χ1n) is 6.52. The predicted molar refractivity (Wildman–Crippen MR) is 72.2 cm³/mol. The van der Waals surface area contributed by atoms with Crippen molar-refractivity contribution in [2.45, 2.75) is 25.3 Å². The minimum absolute atomic E-state index is 0.0709. The molecule has 1 aromatic carbocycles. The highest BCUT2D eigenvalue weighted by Gasteiger charge is 2.36. The van der Waals surface area contributed by atoms with E-state index < -0.39 is 11.8 Å². The molecule has 2 aromatic rings. The number of hydrogen-bond acceptors (Lipinski definition) is 4. The lowest BCUT2D eigenvalue weighted by Gasteiger charge is -2.16. The number of benzene rings is 1. The smallest absolute Gasteiger partial charge is 0.305 e. The SMILES string of the molecule is O=C(O)CC(C1CC1)n1nnnc1-c1cccc(F)c1Cl. The molecule has 8 heteroatoms. The van der Waals surface area contributed by atoms with Crippen LogP contribution >= 0.6 is 11.6 Å². The zero-order valence-electron chi connectivity index (χ0n) is 10.9. The summed E-state index contributed by atoms with van der Waals surface area (Å²) in [4.78, 5) is 11.0. The van der Waals surface area contributed by atoms with Crippen LogP contribution in [0.2, 0.25) is 5.02 Å². The van der Waals surface area contributed by atoms with Crippen molar-refractivity contribution in [3.05, 3.63) is 29.0 Å². The molecule has 1 heterocycles. The minimum atomic E-state index is -0.918. The van der Waals surface area contributed by atoms with Crippen molar-refractivity contribution in [1.29, 1.82) is 0 Å². The molecule has 1 aromatic heterocycles. The number of carbonyl (C=O) groups is 1. The van der Waals surface area contributed by atoms with Gasteiger partial charge in [-0.15, -0.1) is 5.10 Å². The van der Waals surface area contributed by atoms with E-state index in [1.165, 1.54) is 16.8 Å². The Morgan fingerprint density at radius 1 is 1.52 bits per heavy atom. The Labute approximate surface area is 124 Å². The largest absolute Gasteiger partial charge is 0.481 e. The Morgan fingerprint density at radius 3 is 2.95 bits per heavy atom. The summed E-state index contributed by atoms with van der Waals surface area (Å²) in [6.45, 7) is 0. The topological polar surface area (TPSA) is 80.9 Å². The molecule has 1 N–H and O–H groups in total. The van der Waals surface area contributed by atoms with Gasteiger partial charge >= 0.3 is 5.97 Å². The number of aliphatic carboxylic acids is 1. The van der Waals surface area contributed by atoms with Gasteiger partial charge in [-0.25, -0.2) is 9.07 Å². The fraction of sp³-hybridized carbons (Fsp3) is 0.385. The van der Waals surface area contributed by atoms with E-state index in [0.29, 0.717) is 5.56 Å². The molecular formula is C13H12ClFN4O2. The van der Waals surface area contributed by atoms with E-state index in [1.54, 1.807) is 6.07 Å². The van der Waals surface area contributed by atoms with Crippen LogP contribution in [-0.2, 0) is 4.79 Å². The van der Waals surface area contributed by atoms with Crippen LogP contribution in [0.15, 0.2) is 18.2 Å². The molecule has 0 bridgehead atoms. The van der Waals surface area contributed by atoms with E-state index >= 15 is 0 Å². The second-order valence-electron chi connectivity index (χ2n) is 5.05. The number of hydrogen-bond donors (Lipinski definition) is 1. The third kappa shape index (κ3) is 2.73. The van der Waals surface area contributed by atoms with Crippen LogP contribution in [0.25, 0.3) is 11.4 Å². The summed E-state index contributed by atoms with van der Waals surface area (Å²) in [5.74, 6) is -0.961. The van der Waals surface area contributed by atoms with Crippen LogP contribution in [-0.4, -0.2) is 31.3 Å². The molecule has 6 nitrogen and oxygen atoms in total. The summed E-state index contributed by atoms with van der Waals surface area (Å²) in [5.41, 5.74) is 0.359. The summed E-state index contributed by atoms with van der Waals surface area (Å²) >= 11 is 5.96. The number of halogens is 2. The van der Waals surface area contributed by atoms with Gasteiger partial charge in [-0.3, -0.25) is 4.79 Å². The normalized spacial score (nSPS) is 15.9. The van der Waals surface area contributed by atoms with Gasteiger partial charge in [-0.1, -0.05) is 17.7 Å². The Bertz CT molecular complexity index is 687. The lowest BCUT2D eigenvalue weighted by Crippen LogP contribution is -2.18. The van der Waals surface area contributed by atoms with Gasteiger partial charge in [0.05, 0.1) is 17.5 Å². The Kier molecular flexibility index (Phi) is 3.59. The van der Waals surface area contributed by atoms with E-state index in [9.17, 15) is 9.18 Å². The van der Waals surface area contributed by atoms with Crippen LogP contribution in [0, 0.1) is 11.7 Å². The molecule has 0 radical (unpaired) electrons. The molecule has 1 fully saturated rings. The standard InChI is InChI=1S/C13H12ClFN4O2/c14-12-8(2-1-3-9(12)15)13-16-17-18-19(13)10(6-11(20)21)7-4-5-7/h1-3,7,10H,4-6H2,(H,20,21). The maximum atomic E-state index is 13.6. The lowest BCUT2D eigenvalue weighted by molar-refractivity contribution is -0.138. The average molecular weight is 311 g/mol. The van der Waals surface area contributed by atoms with E-state index in [-0.39, 0.29) is 29.2 Å². The molecule has 1 unspecified atom stereocenters. The molecule has 3 rings (SSSR count). The fourth-order valence-electron chi connectivity index (χ4n) is 2.38. The van der Waals surface area contributed by atoms with Crippen molar-refractivity contribution in [3.8, 4) is 11.4 Å². The van der Waals surface area contributed by atoms with Crippen molar-refractivity contribution in [3.63, 3.8) is 0 Å². The van der Waals surface area contributed by atoms with Gasteiger partial charge < -0.3 is 5.11 Å². The predicted octanol–water partition coefficient (Wildman–Crippen LogP) is 2.56. The highest BCUT2D eigenvalue weighted by atomic mass is 35.5. The van der Waals surface area contributed by atoms with Crippen molar-refractivity contribution >= 4 is 17.6 Å². The molecule has 0 aliphatic heterocycles. The number of carboxylic acids is 1. The first kappa shape index (κ1) is 13.9. The maximum Gasteiger partial charge on any atom is 0.305 e. The van der Waals surface area contributed by atoms with Gasteiger partial charge in [0.1, 0.15) is 5.82 Å². The molecule has 1 aliphatic carbocycles. The van der Waals surface area contributed by atoms with Gasteiger partial charge in [0.25, 0.3) is 0 Å². The van der Waals surface area contributed by atoms with Crippen LogP contribution in [0.4, 0.5) is 4.39 Å². The molecule has 110 valence electrons. The van der Waals surface area contributed by atoms with E-state index in [2.05, 4.69) is 15.5 Å². The third-order valence-corrected chi connectivity index (χ3v) is 3.93. The Hall–Kier alpha value is -2.02. The molecule has 0 amide bonds. The monoisotopic (exact) mass is 310 g/mol. The van der Waals surface area contributed by atoms with Crippen LogP contribution < -0.4 is 0 Å². The Balaban J connectivity index is 2.03. The fourth-order valence-corrected chi connectivity index (χ4v) is 2.59. The van der Waals surface area contributed by atoms with Gasteiger partial charge in [0.15, 0.2) is 5.82 Å². The number of carboxylic acid groups (broad SMARTS) is 1. The lowest BCUT2D eigenvalue weighted by atomic mass is 10.1. The molecule has 1 atom stereocenters. The second kappa shape index (κ2) is 5.40. The maximum absolute atomic E-state index is 13.6. The van der Waals surface area contributed by atoms with E-state index in [4.69, 9.17) is 16.7 Å². The van der Waals surface area contributed by atoms with Crippen LogP contribution in [0.3, 0.4) is 0 Å². The zero-order valence-corrected chi connectivity index (χ0v) is 11.7. The summed E-state index contributed by atoms with van der Waals surface area (Å²) in [6, 6.07) is 4.03.